The Balaban J connectivity index is 1.40. The molecule has 7 rings (SSSR count). The van der Waals surface area contributed by atoms with Gasteiger partial charge in [0, 0.05) is 75.9 Å². The molecule has 0 aromatic heterocycles. The molecule has 14 atom stereocenters. The van der Waals surface area contributed by atoms with E-state index in [4.69, 9.17) is 18.9 Å². The molecule has 0 aromatic rings. The van der Waals surface area contributed by atoms with E-state index in [9.17, 15) is 34.8 Å². The number of carbonyl (C=O) groups is 3. The average Bonchev–Trinajstić information content (AvgIpc) is 3.09. The van der Waals surface area contributed by atoms with Crippen LogP contribution < -0.4 is 0 Å². The maximum Gasteiger partial charge on any atom is 0.305 e. The van der Waals surface area contributed by atoms with Crippen molar-refractivity contribution in [3.8, 4) is 0 Å². The summed E-state index contributed by atoms with van der Waals surface area (Å²) in [4.78, 5) is 39.5. The van der Waals surface area contributed by atoms with Crippen molar-refractivity contribution in [1.29, 1.82) is 0 Å². The van der Waals surface area contributed by atoms with Crippen LogP contribution in [0.3, 0.4) is 0 Å². The van der Waals surface area contributed by atoms with Crippen LogP contribution in [0.2, 0.25) is 0 Å². The van der Waals surface area contributed by atoms with Crippen molar-refractivity contribution in [2.24, 2.45) is 29.1 Å². The normalized spacial score (nSPS) is 56.3. The molecule has 12 nitrogen and oxygen atoms in total. The molecule has 3 aliphatic heterocycles. The highest BCUT2D eigenvalue weighted by Gasteiger charge is 2.90. The third-order valence-electron chi connectivity index (χ3n) is 13.9. The molecule has 1 spiro atoms. The molecule has 4 N–H and O–H groups in total. The summed E-state index contributed by atoms with van der Waals surface area (Å²) < 4.78 is 24.7. The van der Waals surface area contributed by atoms with Crippen LogP contribution >= 0.6 is 0 Å². The number of carbonyl (C=O) groups excluding carboxylic acids is 3. The molecule has 45 heavy (non-hydrogen) atoms. The average molecular weight is 636 g/mol. The van der Waals surface area contributed by atoms with Gasteiger partial charge in [-0.1, -0.05) is 13.8 Å². The molecular weight excluding hydrogens is 586 g/mol. The Bertz CT molecular complexity index is 1320. The molecule has 12 heteroatoms. The van der Waals surface area contributed by atoms with Crippen molar-refractivity contribution in [3.63, 3.8) is 0 Å². The summed E-state index contributed by atoms with van der Waals surface area (Å²) in [6.45, 7) is 10.4. The van der Waals surface area contributed by atoms with Gasteiger partial charge in [0.15, 0.2) is 6.10 Å². The monoisotopic (exact) mass is 635 g/mol. The van der Waals surface area contributed by atoms with Gasteiger partial charge in [-0.2, -0.15) is 0 Å². The zero-order valence-electron chi connectivity index (χ0n) is 27.2. The number of hydrogen-bond donors (Lipinski definition) is 4. The first-order valence-electron chi connectivity index (χ1n) is 16.7. The molecule has 3 heterocycles. The summed E-state index contributed by atoms with van der Waals surface area (Å²) in [5.74, 6) is -5.28. The van der Waals surface area contributed by atoms with Crippen LogP contribution in [-0.4, -0.2) is 108 Å². The second kappa shape index (κ2) is 9.41. The Morgan fingerprint density at radius 3 is 2.07 bits per heavy atom. The van der Waals surface area contributed by atoms with Crippen LogP contribution in [0.4, 0.5) is 0 Å². The topological polar surface area (TPSA) is 172 Å². The SMILES string of the molecule is CC(=O)O[C@H]1C[C@@]2(O)C3CCC4[C@]5(OC(C)=O)O[C@@]3(C[C@@]2(O)C2CN3C[C@@H](C)CC[C@H]3[C@@](C)(O)[C@]21O)[C@@]4(C)CC[C@H]5OC(C)=O. The van der Waals surface area contributed by atoms with Gasteiger partial charge in [0.2, 0.25) is 0 Å². The highest BCUT2D eigenvalue weighted by molar-refractivity contribution is 5.68. The minimum atomic E-state index is -2.09. The first-order valence-corrected chi connectivity index (χ1v) is 16.7. The number of nitrogens with zero attached hydrogens (tertiary/aromatic N) is 1. The highest BCUT2D eigenvalue weighted by Crippen LogP contribution is 2.79. The van der Waals surface area contributed by atoms with Crippen LogP contribution in [0.25, 0.3) is 0 Å². The number of esters is 3. The van der Waals surface area contributed by atoms with Gasteiger partial charge in [-0.25, -0.2) is 0 Å². The lowest BCUT2D eigenvalue weighted by molar-refractivity contribution is -0.354. The summed E-state index contributed by atoms with van der Waals surface area (Å²) >= 11 is 0. The second-order valence-electron chi connectivity index (χ2n) is 16.0. The lowest BCUT2D eigenvalue weighted by Gasteiger charge is -2.68. The van der Waals surface area contributed by atoms with Crippen molar-refractivity contribution >= 4 is 17.9 Å². The lowest BCUT2D eigenvalue weighted by Crippen LogP contribution is -2.85. The van der Waals surface area contributed by atoms with Gasteiger partial charge in [-0.15, -0.1) is 0 Å². The van der Waals surface area contributed by atoms with Gasteiger partial charge in [-0.05, 0) is 51.4 Å². The predicted octanol–water partition coefficient (Wildman–Crippen LogP) is 1.19. The Morgan fingerprint density at radius 2 is 1.42 bits per heavy atom. The quantitative estimate of drug-likeness (QED) is 0.258. The van der Waals surface area contributed by atoms with Crippen molar-refractivity contribution in [2.45, 2.75) is 145 Å². The number of piperidine rings is 2. The fraction of sp³-hybridized carbons (Fsp3) is 0.909. The van der Waals surface area contributed by atoms with Gasteiger partial charge in [-0.3, -0.25) is 19.3 Å². The third-order valence-corrected chi connectivity index (χ3v) is 13.9. The Labute approximate surface area is 263 Å². The second-order valence-corrected chi connectivity index (χ2v) is 16.0. The van der Waals surface area contributed by atoms with E-state index >= 15 is 0 Å². The van der Waals surface area contributed by atoms with Crippen molar-refractivity contribution < 1.29 is 53.8 Å². The predicted molar refractivity (Wildman–Crippen MR) is 155 cm³/mol. The molecule has 7 fully saturated rings. The molecule has 3 unspecified atom stereocenters. The Hall–Kier alpha value is -1.83. The van der Waals surface area contributed by atoms with Gasteiger partial charge >= 0.3 is 17.9 Å². The van der Waals surface area contributed by atoms with Gasteiger partial charge in [0.1, 0.15) is 28.5 Å². The van der Waals surface area contributed by atoms with Crippen LogP contribution in [0.15, 0.2) is 0 Å². The fourth-order valence-corrected chi connectivity index (χ4v) is 12.3. The van der Waals surface area contributed by atoms with E-state index in [1.165, 1.54) is 20.8 Å². The van der Waals surface area contributed by atoms with Crippen molar-refractivity contribution in [3.05, 3.63) is 0 Å². The third kappa shape index (κ3) is 3.62. The van der Waals surface area contributed by atoms with E-state index in [1.807, 2.05) is 6.92 Å². The van der Waals surface area contributed by atoms with Crippen molar-refractivity contribution in [1.82, 2.24) is 4.90 Å². The summed E-state index contributed by atoms with van der Waals surface area (Å²) in [5, 5.41) is 51.4. The smallest absolute Gasteiger partial charge is 0.305 e. The summed E-state index contributed by atoms with van der Waals surface area (Å²) in [7, 11) is 0. The molecule has 0 aromatic carbocycles. The number of hydrogen-bond acceptors (Lipinski definition) is 12. The highest BCUT2D eigenvalue weighted by atomic mass is 16.8. The van der Waals surface area contributed by atoms with E-state index < -0.39 is 87.2 Å². The van der Waals surface area contributed by atoms with Crippen LogP contribution in [0, 0.1) is 29.1 Å². The number of ether oxygens (including phenoxy) is 4. The molecule has 0 amide bonds. The zero-order chi connectivity index (χ0) is 32.8. The van der Waals surface area contributed by atoms with E-state index in [0.717, 1.165) is 6.42 Å². The molecule has 4 saturated carbocycles. The largest absolute Gasteiger partial charge is 0.459 e. The molecule has 0 radical (unpaired) electrons. The summed E-state index contributed by atoms with van der Waals surface area (Å²) in [6, 6.07) is -0.440. The molecule has 252 valence electrons. The van der Waals surface area contributed by atoms with E-state index in [2.05, 4.69) is 11.8 Å². The van der Waals surface area contributed by atoms with Crippen LogP contribution in [-0.2, 0) is 33.3 Å². The minimum Gasteiger partial charge on any atom is -0.459 e. The number of rotatable bonds is 3. The molecular formula is C33H49NO11. The lowest BCUT2D eigenvalue weighted by atomic mass is 9.48. The van der Waals surface area contributed by atoms with E-state index in [-0.39, 0.29) is 25.3 Å². The van der Waals surface area contributed by atoms with Gasteiger partial charge in [0.25, 0.3) is 5.79 Å². The fourth-order valence-electron chi connectivity index (χ4n) is 12.3. The van der Waals surface area contributed by atoms with Crippen LogP contribution in [0.5, 0.6) is 0 Å². The van der Waals surface area contributed by atoms with Crippen molar-refractivity contribution in [2.75, 3.05) is 13.1 Å². The Kier molecular flexibility index (Phi) is 6.64. The number of fused-ring (bicyclic) bond motifs is 5. The summed E-state index contributed by atoms with van der Waals surface area (Å²) in [6.07, 6.45) is 0.618. The Morgan fingerprint density at radius 1 is 0.778 bits per heavy atom. The zero-order valence-corrected chi connectivity index (χ0v) is 27.2. The molecule has 7 aliphatic rings. The molecule has 3 saturated heterocycles. The molecule has 4 bridgehead atoms. The number of aliphatic hydroxyl groups is 4. The van der Waals surface area contributed by atoms with E-state index in [1.54, 1.807) is 6.92 Å². The standard InChI is InChI=1S/C33H49NO11/c1-17-7-10-24-28(6,38)32(41)23(15-34(24)14-17)30(40)16-31-22(29(30,39)13-26(32)43-19(3)36)9-8-21-27(31,5)12-11-25(42-18(2)35)33(21,45-31)44-20(4)37/h17,21-26,38-41H,7-16H2,1-6H3/t17-,21?,22?,23?,24-,25+,26-,27-,28+,29+,30+,31+,32-,33-/m0/s1. The first-order chi connectivity index (χ1) is 20.8. The maximum absolute atomic E-state index is 13.2. The van der Waals surface area contributed by atoms with Gasteiger partial charge < -0.3 is 39.4 Å². The van der Waals surface area contributed by atoms with E-state index in [0.29, 0.717) is 44.6 Å². The summed E-state index contributed by atoms with van der Waals surface area (Å²) in [5.41, 5.74) is -9.71. The maximum atomic E-state index is 13.2. The first kappa shape index (κ1) is 31.8. The molecule has 4 aliphatic carbocycles. The minimum absolute atomic E-state index is 0.103. The van der Waals surface area contributed by atoms with Crippen LogP contribution in [0.1, 0.15) is 92.9 Å². The van der Waals surface area contributed by atoms with Gasteiger partial charge in [0.05, 0.1) is 5.60 Å².